The number of hydrogen-bond acceptors (Lipinski definition) is 8. The van der Waals surface area contributed by atoms with Gasteiger partial charge in [0.1, 0.15) is 17.4 Å². The first-order valence-electron chi connectivity index (χ1n) is 12.1. The predicted octanol–water partition coefficient (Wildman–Crippen LogP) is 3.73. The van der Waals surface area contributed by atoms with E-state index < -0.39 is 12.0 Å². The Morgan fingerprint density at radius 2 is 1.84 bits per heavy atom. The molecule has 9 heteroatoms. The Kier molecular flexibility index (Phi) is 6.84. The fourth-order valence-corrected chi connectivity index (χ4v) is 5.05. The van der Waals surface area contributed by atoms with E-state index in [2.05, 4.69) is 6.07 Å². The van der Waals surface area contributed by atoms with Crippen molar-refractivity contribution < 1.29 is 28.5 Å². The number of morpholine rings is 1. The third kappa shape index (κ3) is 4.76. The monoisotopic (exact) mass is 501 g/mol. The van der Waals surface area contributed by atoms with Crippen LogP contribution in [0.1, 0.15) is 35.8 Å². The third-order valence-electron chi connectivity index (χ3n) is 6.92. The van der Waals surface area contributed by atoms with Crippen molar-refractivity contribution >= 4 is 11.9 Å². The molecule has 0 aromatic heterocycles. The van der Waals surface area contributed by atoms with Crippen molar-refractivity contribution in [2.24, 2.45) is 5.73 Å². The van der Waals surface area contributed by atoms with Gasteiger partial charge in [-0.3, -0.25) is 4.79 Å². The topological polar surface area (TPSA) is 124 Å². The number of hydrogen-bond donors (Lipinski definition) is 1. The van der Waals surface area contributed by atoms with Gasteiger partial charge >= 0.3 is 6.09 Å². The van der Waals surface area contributed by atoms with E-state index in [0.717, 1.165) is 5.56 Å². The molecule has 37 heavy (non-hydrogen) atoms. The molecule has 0 saturated carbocycles. The second-order valence-corrected chi connectivity index (χ2v) is 9.08. The summed E-state index contributed by atoms with van der Waals surface area (Å²) in [5.41, 5.74) is 8.42. The molecule has 9 nitrogen and oxygen atoms in total. The van der Waals surface area contributed by atoms with Crippen LogP contribution in [0.5, 0.6) is 11.5 Å². The molecule has 5 rings (SSSR count). The van der Waals surface area contributed by atoms with Crippen molar-refractivity contribution in [2.45, 2.75) is 24.7 Å². The van der Waals surface area contributed by atoms with Gasteiger partial charge in [-0.2, -0.15) is 5.26 Å². The third-order valence-corrected chi connectivity index (χ3v) is 6.92. The minimum absolute atomic E-state index is 0.0189. The standard InChI is InChI=1S/C28H27N3O6/c1-34-23-14-18(7-8-22(23)37-28(33)31-9-11-35-12-10-31)25-20(16-29)27(30)36-24-15-19(13-21(32)26(24)25)17-5-3-2-4-6-17/h2-8,14,19,25H,9-13,15,30H2,1H3/t19-,25-/m1/s1. The largest absolute Gasteiger partial charge is 0.493 e. The predicted molar refractivity (Wildman–Crippen MR) is 133 cm³/mol. The second kappa shape index (κ2) is 10.4. The highest BCUT2D eigenvalue weighted by Crippen LogP contribution is 2.47. The molecule has 190 valence electrons. The summed E-state index contributed by atoms with van der Waals surface area (Å²) in [6, 6.07) is 16.9. The van der Waals surface area contributed by atoms with Crippen molar-refractivity contribution in [2.75, 3.05) is 33.4 Å². The van der Waals surface area contributed by atoms with Crippen LogP contribution in [0.15, 0.2) is 71.3 Å². The first kappa shape index (κ1) is 24.4. The number of carbonyl (C=O) groups excluding carboxylic acids is 2. The van der Waals surface area contributed by atoms with E-state index in [1.807, 2.05) is 30.3 Å². The summed E-state index contributed by atoms with van der Waals surface area (Å²) in [7, 11) is 1.46. The van der Waals surface area contributed by atoms with E-state index in [-0.39, 0.29) is 28.9 Å². The number of methoxy groups -OCH3 is 1. The highest BCUT2D eigenvalue weighted by atomic mass is 16.6. The van der Waals surface area contributed by atoms with E-state index in [4.69, 9.17) is 24.7 Å². The lowest BCUT2D eigenvalue weighted by Gasteiger charge is -2.34. The number of Topliss-reactive ketones (excluding diaryl/α,β-unsaturated/α-hetero) is 1. The number of nitrogens with two attached hydrogens (primary N) is 1. The van der Waals surface area contributed by atoms with Gasteiger partial charge < -0.3 is 29.6 Å². The minimum atomic E-state index is -0.712. The summed E-state index contributed by atoms with van der Waals surface area (Å²) >= 11 is 0. The number of nitrogens with zero attached hydrogens (tertiary/aromatic N) is 2. The van der Waals surface area contributed by atoms with Crippen molar-refractivity contribution in [1.82, 2.24) is 4.90 Å². The second-order valence-electron chi connectivity index (χ2n) is 9.08. The van der Waals surface area contributed by atoms with E-state index in [9.17, 15) is 14.9 Å². The fourth-order valence-electron chi connectivity index (χ4n) is 5.05. The average Bonchev–Trinajstić information content (AvgIpc) is 2.93. The molecule has 0 radical (unpaired) electrons. The summed E-state index contributed by atoms with van der Waals surface area (Å²) < 4.78 is 22.2. The van der Waals surface area contributed by atoms with Crippen LogP contribution < -0.4 is 15.2 Å². The Labute approximate surface area is 214 Å². The zero-order valence-corrected chi connectivity index (χ0v) is 20.4. The Bertz CT molecular complexity index is 1320. The van der Waals surface area contributed by atoms with Gasteiger partial charge in [0.25, 0.3) is 0 Å². The molecule has 2 atom stereocenters. The lowest BCUT2D eigenvalue weighted by atomic mass is 9.73. The molecule has 0 bridgehead atoms. The molecule has 1 saturated heterocycles. The van der Waals surface area contributed by atoms with Crippen LogP contribution in [0.3, 0.4) is 0 Å². The maximum Gasteiger partial charge on any atom is 0.415 e. The van der Waals surface area contributed by atoms with Crippen molar-refractivity contribution in [3.05, 3.63) is 82.4 Å². The SMILES string of the molecule is COc1cc([C@@H]2C(C#N)=C(N)OC3=C2C(=O)C[C@@H](c2ccccc2)C3)ccc1OC(=O)N1CCOCC1. The number of carbonyl (C=O) groups is 2. The number of allylic oxidation sites excluding steroid dienone is 3. The number of ketones is 1. The number of benzene rings is 2. The van der Waals surface area contributed by atoms with Crippen molar-refractivity contribution in [3.8, 4) is 17.6 Å². The van der Waals surface area contributed by atoms with Gasteiger partial charge in [-0.05, 0) is 29.2 Å². The van der Waals surface area contributed by atoms with E-state index in [1.165, 1.54) is 7.11 Å². The molecular formula is C28H27N3O6. The van der Waals surface area contributed by atoms with Gasteiger partial charge in [0, 0.05) is 31.5 Å². The zero-order valence-electron chi connectivity index (χ0n) is 20.4. The van der Waals surface area contributed by atoms with Crippen molar-refractivity contribution in [3.63, 3.8) is 0 Å². The Balaban J connectivity index is 1.48. The fraction of sp³-hybridized carbons (Fsp3) is 0.321. The summed E-state index contributed by atoms with van der Waals surface area (Å²) in [5, 5.41) is 9.93. The maximum atomic E-state index is 13.5. The molecule has 0 spiro atoms. The molecule has 1 fully saturated rings. The number of ether oxygens (including phenoxy) is 4. The van der Waals surface area contributed by atoms with Gasteiger partial charge in [0.05, 0.1) is 26.2 Å². The molecule has 1 aliphatic carbocycles. The molecule has 2 N–H and O–H groups in total. The highest BCUT2D eigenvalue weighted by molar-refractivity contribution is 6.00. The maximum absolute atomic E-state index is 13.5. The first-order valence-corrected chi connectivity index (χ1v) is 12.1. The van der Waals surface area contributed by atoms with E-state index in [0.29, 0.717) is 61.8 Å². The van der Waals surface area contributed by atoms with Crippen LogP contribution in [-0.4, -0.2) is 50.2 Å². The molecular weight excluding hydrogens is 474 g/mol. The van der Waals surface area contributed by atoms with Crippen molar-refractivity contribution in [1.29, 1.82) is 5.26 Å². The summed E-state index contributed by atoms with van der Waals surface area (Å²) in [6.45, 7) is 1.80. The minimum Gasteiger partial charge on any atom is -0.493 e. The van der Waals surface area contributed by atoms with Crippen LogP contribution in [0.25, 0.3) is 0 Å². The number of nitriles is 1. The average molecular weight is 502 g/mol. The van der Waals surface area contributed by atoms with Crippen LogP contribution in [0, 0.1) is 11.3 Å². The lowest BCUT2D eigenvalue weighted by Crippen LogP contribution is -2.42. The molecule has 3 aliphatic rings. The smallest absolute Gasteiger partial charge is 0.415 e. The number of amides is 1. The van der Waals surface area contributed by atoms with Crippen LogP contribution in [0.4, 0.5) is 4.79 Å². The van der Waals surface area contributed by atoms with Gasteiger partial charge in [0.15, 0.2) is 17.3 Å². The zero-order chi connectivity index (χ0) is 25.9. The molecule has 2 aromatic rings. The van der Waals surface area contributed by atoms with Crippen LogP contribution in [-0.2, 0) is 14.3 Å². The summed E-state index contributed by atoms with van der Waals surface area (Å²) in [5.74, 6) is 0.148. The molecule has 2 aliphatic heterocycles. The lowest BCUT2D eigenvalue weighted by molar-refractivity contribution is -0.117. The Morgan fingerprint density at radius 1 is 1.08 bits per heavy atom. The van der Waals surface area contributed by atoms with E-state index >= 15 is 0 Å². The molecule has 2 heterocycles. The van der Waals surface area contributed by atoms with Crippen LogP contribution >= 0.6 is 0 Å². The highest BCUT2D eigenvalue weighted by Gasteiger charge is 2.41. The van der Waals surface area contributed by atoms with E-state index in [1.54, 1.807) is 23.1 Å². The summed E-state index contributed by atoms with van der Waals surface area (Å²) in [4.78, 5) is 27.6. The van der Waals surface area contributed by atoms with Gasteiger partial charge in [0.2, 0.25) is 5.88 Å². The van der Waals surface area contributed by atoms with Gasteiger partial charge in [-0.1, -0.05) is 36.4 Å². The quantitative estimate of drug-likeness (QED) is 0.672. The molecule has 2 aromatic carbocycles. The first-order chi connectivity index (χ1) is 18.0. The molecule has 0 unspecified atom stereocenters. The van der Waals surface area contributed by atoms with Gasteiger partial charge in [-0.25, -0.2) is 4.79 Å². The normalized spacial score (nSPS) is 21.6. The van der Waals surface area contributed by atoms with Gasteiger partial charge in [-0.15, -0.1) is 0 Å². The summed E-state index contributed by atoms with van der Waals surface area (Å²) in [6.07, 6.45) is 0.294. The number of rotatable bonds is 4. The Hall–Kier alpha value is -4.29. The van der Waals surface area contributed by atoms with Crippen LogP contribution in [0.2, 0.25) is 0 Å². The Morgan fingerprint density at radius 3 is 2.54 bits per heavy atom. The molecule has 1 amide bonds.